The fourth-order valence-electron chi connectivity index (χ4n) is 1.70. The molecule has 0 aliphatic rings. The van der Waals surface area contributed by atoms with Gasteiger partial charge < -0.3 is 9.84 Å². The highest BCUT2D eigenvalue weighted by molar-refractivity contribution is 6.35. The molecule has 0 bridgehead atoms. The molecule has 0 atom stereocenters. The number of hydrogen-bond acceptors (Lipinski definition) is 2. The van der Waals surface area contributed by atoms with Gasteiger partial charge in [0.2, 0.25) is 0 Å². The molecule has 0 spiro atoms. The van der Waals surface area contributed by atoms with E-state index in [9.17, 15) is 0 Å². The van der Waals surface area contributed by atoms with Crippen molar-refractivity contribution in [3.63, 3.8) is 0 Å². The van der Waals surface area contributed by atoms with Crippen molar-refractivity contribution in [2.45, 2.75) is 38.5 Å². The maximum atomic E-state index is 8.64. The van der Waals surface area contributed by atoms with Crippen molar-refractivity contribution in [1.29, 1.82) is 0 Å². The minimum Gasteiger partial charge on any atom is -0.492 e. The van der Waals surface area contributed by atoms with Crippen LogP contribution in [0.15, 0.2) is 18.2 Å². The highest BCUT2D eigenvalue weighted by Crippen LogP contribution is 2.27. The lowest BCUT2D eigenvalue weighted by Crippen LogP contribution is -1.97. The van der Waals surface area contributed by atoms with E-state index in [1.165, 1.54) is 12.8 Å². The second kappa shape index (κ2) is 9.48. The number of rotatable bonds is 9. The molecule has 1 aromatic rings. The molecule has 0 aliphatic heterocycles. The molecule has 0 saturated heterocycles. The normalized spacial score (nSPS) is 10.6. The Morgan fingerprint density at radius 1 is 0.944 bits per heavy atom. The molecule has 1 rings (SSSR count). The van der Waals surface area contributed by atoms with Crippen LogP contribution in [0.2, 0.25) is 10.0 Å². The summed E-state index contributed by atoms with van der Waals surface area (Å²) in [5.41, 5.74) is 0. The van der Waals surface area contributed by atoms with Crippen molar-refractivity contribution in [1.82, 2.24) is 0 Å². The van der Waals surface area contributed by atoms with Gasteiger partial charge in [-0.3, -0.25) is 0 Å². The average Bonchev–Trinajstić information content (AvgIpc) is 2.35. The van der Waals surface area contributed by atoms with Gasteiger partial charge in [0.1, 0.15) is 5.75 Å². The molecule has 0 amide bonds. The third-order valence-electron chi connectivity index (χ3n) is 2.70. The first-order valence-electron chi connectivity index (χ1n) is 6.43. The molecule has 0 aliphatic carbocycles. The minimum absolute atomic E-state index is 0.304. The number of aliphatic hydroxyl groups is 1. The summed E-state index contributed by atoms with van der Waals surface area (Å²) in [6, 6.07) is 5.26. The second-order valence-electron chi connectivity index (χ2n) is 4.27. The van der Waals surface area contributed by atoms with Crippen LogP contribution < -0.4 is 4.74 Å². The molecule has 0 unspecified atom stereocenters. The van der Waals surface area contributed by atoms with E-state index in [-0.39, 0.29) is 0 Å². The van der Waals surface area contributed by atoms with Crippen molar-refractivity contribution >= 4 is 23.2 Å². The Balaban J connectivity index is 2.07. The van der Waals surface area contributed by atoms with E-state index >= 15 is 0 Å². The lowest BCUT2D eigenvalue weighted by Gasteiger charge is -2.08. The number of hydrogen-bond donors (Lipinski definition) is 1. The number of ether oxygens (including phenoxy) is 1. The van der Waals surface area contributed by atoms with Gasteiger partial charge in [-0.1, -0.05) is 48.9 Å². The Labute approximate surface area is 119 Å². The van der Waals surface area contributed by atoms with E-state index in [1.54, 1.807) is 18.2 Å². The first kappa shape index (κ1) is 15.6. The van der Waals surface area contributed by atoms with Gasteiger partial charge in [0.15, 0.2) is 0 Å². The molecule has 0 saturated carbocycles. The number of halogens is 2. The topological polar surface area (TPSA) is 29.5 Å². The molecule has 0 fully saturated rings. The molecule has 0 heterocycles. The quantitative estimate of drug-likeness (QED) is 0.668. The van der Waals surface area contributed by atoms with Gasteiger partial charge >= 0.3 is 0 Å². The van der Waals surface area contributed by atoms with Gasteiger partial charge in [0.05, 0.1) is 11.6 Å². The van der Waals surface area contributed by atoms with E-state index in [4.69, 9.17) is 33.0 Å². The number of aliphatic hydroxyl groups excluding tert-OH is 1. The summed E-state index contributed by atoms with van der Waals surface area (Å²) in [7, 11) is 0. The molecule has 1 N–H and O–H groups in total. The number of benzene rings is 1. The Hall–Kier alpha value is -0.440. The monoisotopic (exact) mass is 290 g/mol. The van der Waals surface area contributed by atoms with Crippen molar-refractivity contribution in [2.24, 2.45) is 0 Å². The van der Waals surface area contributed by atoms with E-state index in [2.05, 4.69) is 0 Å². The SMILES string of the molecule is OCCCCCCCCOc1ccc(Cl)cc1Cl. The molecule has 0 aromatic heterocycles. The second-order valence-corrected chi connectivity index (χ2v) is 5.11. The van der Waals surface area contributed by atoms with Gasteiger partial charge in [-0.25, -0.2) is 0 Å². The smallest absolute Gasteiger partial charge is 0.137 e. The van der Waals surface area contributed by atoms with Gasteiger partial charge in [-0.15, -0.1) is 0 Å². The van der Waals surface area contributed by atoms with Crippen LogP contribution in [-0.4, -0.2) is 18.3 Å². The van der Waals surface area contributed by atoms with Gasteiger partial charge in [-0.2, -0.15) is 0 Å². The lowest BCUT2D eigenvalue weighted by molar-refractivity contribution is 0.280. The van der Waals surface area contributed by atoms with Crippen LogP contribution in [0.25, 0.3) is 0 Å². The maximum absolute atomic E-state index is 8.64. The van der Waals surface area contributed by atoms with Crippen LogP contribution >= 0.6 is 23.2 Å². The van der Waals surface area contributed by atoms with Crippen LogP contribution in [0.5, 0.6) is 5.75 Å². The third kappa shape index (κ3) is 6.48. The molecule has 2 nitrogen and oxygen atoms in total. The van der Waals surface area contributed by atoms with Crippen LogP contribution in [0.3, 0.4) is 0 Å². The first-order chi connectivity index (χ1) is 8.74. The van der Waals surface area contributed by atoms with Crippen molar-refractivity contribution < 1.29 is 9.84 Å². The maximum Gasteiger partial charge on any atom is 0.137 e. The number of unbranched alkanes of at least 4 members (excludes halogenated alkanes) is 5. The highest BCUT2D eigenvalue weighted by atomic mass is 35.5. The zero-order valence-electron chi connectivity index (χ0n) is 10.5. The fraction of sp³-hybridized carbons (Fsp3) is 0.571. The molecule has 102 valence electrons. The molecule has 0 radical (unpaired) electrons. The minimum atomic E-state index is 0.304. The summed E-state index contributed by atoms with van der Waals surface area (Å²) in [5, 5.41) is 9.82. The van der Waals surface area contributed by atoms with Crippen LogP contribution in [-0.2, 0) is 0 Å². The molecule has 1 aromatic carbocycles. The first-order valence-corrected chi connectivity index (χ1v) is 7.18. The third-order valence-corrected chi connectivity index (χ3v) is 3.23. The Bertz CT molecular complexity index is 343. The average molecular weight is 291 g/mol. The lowest BCUT2D eigenvalue weighted by atomic mass is 10.1. The van der Waals surface area contributed by atoms with Gasteiger partial charge in [0.25, 0.3) is 0 Å². The highest BCUT2D eigenvalue weighted by Gasteiger charge is 2.01. The fourth-order valence-corrected chi connectivity index (χ4v) is 2.16. The molecular formula is C14H20Cl2O2. The molecule has 4 heteroatoms. The largest absolute Gasteiger partial charge is 0.492 e. The van der Waals surface area contributed by atoms with E-state index in [1.807, 2.05) is 0 Å². The summed E-state index contributed by atoms with van der Waals surface area (Å²) in [6.45, 7) is 0.986. The predicted molar refractivity (Wildman–Crippen MR) is 76.7 cm³/mol. The Morgan fingerprint density at radius 3 is 2.28 bits per heavy atom. The van der Waals surface area contributed by atoms with Crippen molar-refractivity contribution in [3.8, 4) is 5.75 Å². The van der Waals surface area contributed by atoms with Gasteiger partial charge in [-0.05, 0) is 31.0 Å². The van der Waals surface area contributed by atoms with Crippen LogP contribution in [0.1, 0.15) is 38.5 Å². The predicted octanol–water partition coefficient (Wildman–Crippen LogP) is 4.71. The Morgan fingerprint density at radius 2 is 1.61 bits per heavy atom. The van der Waals surface area contributed by atoms with Crippen LogP contribution in [0, 0.1) is 0 Å². The summed E-state index contributed by atoms with van der Waals surface area (Å²) in [4.78, 5) is 0. The zero-order valence-corrected chi connectivity index (χ0v) is 12.0. The summed E-state index contributed by atoms with van der Waals surface area (Å²) < 4.78 is 5.59. The van der Waals surface area contributed by atoms with Crippen LogP contribution in [0.4, 0.5) is 0 Å². The molecular weight excluding hydrogens is 271 g/mol. The summed E-state index contributed by atoms with van der Waals surface area (Å²) in [5.74, 6) is 0.696. The van der Waals surface area contributed by atoms with E-state index in [0.717, 1.165) is 25.7 Å². The van der Waals surface area contributed by atoms with Crippen molar-refractivity contribution in [2.75, 3.05) is 13.2 Å². The van der Waals surface area contributed by atoms with Crippen molar-refractivity contribution in [3.05, 3.63) is 28.2 Å². The summed E-state index contributed by atoms with van der Waals surface area (Å²) in [6.07, 6.45) is 6.58. The molecule has 18 heavy (non-hydrogen) atoms. The standard InChI is InChI=1S/C14H20Cl2O2/c15-12-7-8-14(13(16)11-12)18-10-6-4-2-1-3-5-9-17/h7-8,11,17H,1-6,9-10H2. The van der Waals surface area contributed by atoms with Gasteiger partial charge in [0, 0.05) is 11.6 Å². The zero-order chi connectivity index (χ0) is 13.2. The Kier molecular flexibility index (Phi) is 8.23. The van der Waals surface area contributed by atoms with E-state index < -0.39 is 0 Å². The van der Waals surface area contributed by atoms with E-state index in [0.29, 0.717) is 29.0 Å². The summed E-state index contributed by atoms with van der Waals surface area (Å²) >= 11 is 11.8.